The average molecular weight is 309 g/mol. The molecule has 0 heterocycles. The smallest absolute Gasteiger partial charge is 0.129 e. The minimum absolute atomic E-state index is 0.172. The van der Waals surface area contributed by atoms with E-state index in [1.165, 1.54) is 0 Å². The van der Waals surface area contributed by atoms with Crippen molar-refractivity contribution in [2.75, 3.05) is 0 Å². The minimum Gasteiger partial charge on any atom is -0.550 e. The van der Waals surface area contributed by atoms with Gasteiger partial charge in [0.1, 0.15) is 6.10 Å². The predicted molar refractivity (Wildman–Crippen MR) is 87.2 cm³/mol. The lowest BCUT2D eigenvalue weighted by atomic mass is 10.1. The van der Waals surface area contributed by atoms with E-state index in [1.807, 2.05) is 24.3 Å². The van der Waals surface area contributed by atoms with Gasteiger partial charge in [-0.1, -0.05) is 63.0 Å². The normalized spacial score (nSPS) is 13.5. The molecule has 1 atom stereocenters. The lowest BCUT2D eigenvalue weighted by molar-refractivity contribution is -0.305. The number of rotatable bonds is 14. The van der Waals surface area contributed by atoms with Crippen LogP contribution in [0.15, 0.2) is 36.5 Å². The summed E-state index contributed by atoms with van der Waals surface area (Å²) >= 11 is 0. The summed E-state index contributed by atoms with van der Waals surface area (Å²) in [6, 6.07) is 0. The number of hydrogen-bond donors (Lipinski definition) is 1. The molecule has 4 nitrogen and oxygen atoms in total. The van der Waals surface area contributed by atoms with E-state index in [9.17, 15) is 9.90 Å². The summed E-state index contributed by atoms with van der Waals surface area (Å²) in [4.78, 5) is 14.6. The maximum absolute atomic E-state index is 10.2. The van der Waals surface area contributed by atoms with Crippen molar-refractivity contribution in [3.05, 3.63) is 36.5 Å². The molecule has 0 spiro atoms. The van der Waals surface area contributed by atoms with E-state index in [-0.39, 0.29) is 12.5 Å². The van der Waals surface area contributed by atoms with Crippen LogP contribution in [0.5, 0.6) is 0 Å². The second-order valence-electron chi connectivity index (χ2n) is 5.28. The second kappa shape index (κ2) is 16.0. The van der Waals surface area contributed by atoms with Crippen LogP contribution < -0.4 is 5.11 Å². The van der Waals surface area contributed by atoms with Crippen LogP contribution in [0.2, 0.25) is 0 Å². The molecular weight excluding hydrogens is 280 g/mol. The Morgan fingerprint density at radius 2 is 1.77 bits per heavy atom. The van der Waals surface area contributed by atoms with Crippen molar-refractivity contribution < 1.29 is 20.0 Å². The first kappa shape index (κ1) is 20.6. The summed E-state index contributed by atoms with van der Waals surface area (Å²) in [5.74, 6) is -0.954. The van der Waals surface area contributed by atoms with Gasteiger partial charge in [0.05, 0.1) is 0 Å². The summed E-state index contributed by atoms with van der Waals surface area (Å²) in [6.07, 6.45) is 19.3. The molecule has 4 heteroatoms. The van der Waals surface area contributed by atoms with Crippen molar-refractivity contribution in [3.8, 4) is 0 Å². The van der Waals surface area contributed by atoms with Gasteiger partial charge in [-0.15, -0.1) is 0 Å². The van der Waals surface area contributed by atoms with Gasteiger partial charge in [0.15, 0.2) is 0 Å². The number of unbranched alkanes of at least 4 members (excludes halogenated alkanes) is 6. The minimum atomic E-state index is -0.954. The molecule has 0 fully saturated rings. The number of aliphatic carboxylic acids is 1. The van der Waals surface area contributed by atoms with Crippen LogP contribution >= 0.6 is 0 Å². The van der Waals surface area contributed by atoms with Crippen LogP contribution in [0.3, 0.4) is 0 Å². The summed E-state index contributed by atoms with van der Waals surface area (Å²) in [6.45, 7) is 2.10. The molecule has 0 bridgehead atoms. The molecule has 0 rings (SSSR count). The van der Waals surface area contributed by atoms with Gasteiger partial charge in [0.2, 0.25) is 0 Å². The molecule has 0 aromatic rings. The van der Waals surface area contributed by atoms with Crippen molar-refractivity contribution >= 4 is 5.97 Å². The maximum Gasteiger partial charge on any atom is 0.129 e. The largest absolute Gasteiger partial charge is 0.550 e. The zero-order valence-electron chi connectivity index (χ0n) is 13.6. The highest BCUT2D eigenvalue weighted by Gasteiger charge is 1.96. The van der Waals surface area contributed by atoms with Crippen LogP contribution in [0.4, 0.5) is 0 Å². The summed E-state index contributed by atoms with van der Waals surface area (Å²) in [5, 5.41) is 19.0. The van der Waals surface area contributed by atoms with Crippen molar-refractivity contribution in [1.82, 2.24) is 0 Å². The predicted octanol–water partition coefficient (Wildman–Crippen LogP) is 3.79. The van der Waals surface area contributed by atoms with Crippen molar-refractivity contribution in [1.29, 1.82) is 0 Å². The zero-order chi connectivity index (χ0) is 16.5. The van der Waals surface area contributed by atoms with Gasteiger partial charge in [0.25, 0.3) is 0 Å². The van der Waals surface area contributed by atoms with Crippen LogP contribution in [0, 0.1) is 0 Å². The Morgan fingerprint density at radius 3 is 2.45 bits per heavy atom. The van der Waals surface area contributed by atoms with Gasteiger partial charge < -0.3 is 9.90 Å². The lowest BCUT2D eigenvalue weighted by Crippen LogP contribution is -2.21. The summed E-state index contributed by atoms with van der Waals surface area (Å²) in [7, 11) is 0. The van der Waals surface area contributed by atoms with Gasteiger partial charge in [-0.2, -0.15) is 0 Å². The second-order valence-corrected chi connectivity index (χ2v) is 5.28. The Kier molecular flexibility index (Phi) is 15.0. The highest BCUT2D eigenvalue weighted by atomic mass is 17.1. The van der Waals surface area contributed by atoms with Gasteiger partial charge in [-0.3, -0.25) is 5.26 Å². The van der Waals surface area contributed by atoms with E-state index >= 15 is 0 Å². The third-order valence-electron chi connectivity index (χ3n) is 3.20. The van der Waals surface area contributed by atoms with Crippen molar-refractivity contribution in [2.24, 2.45) is 0 Å². The fourth-order valence-electron chi connectivity index (χ4n) is 1.94. The third-order valence-corrected chi connectivity index (χ3v) is 3.20. The Labute approximate surface area is 134 Å². The molecule has 22 heavy (non-hydrogen) atoms. The van der Waals surface area contributed by atoms with E-state index < -0.39 is 5.97 Å². The fraction of sp³-hybridized carbons (Fsp3) is 0.611. The SMILES string of the molecule is CCC/C=C\[C@@H](/C=C/C=C\CCCCCCCC(=O)[O-])OO. The Bertz CT molecular complexity index is 345. The third kappa shape index (κ3) is 15.0. The summed E-state index contributed by atoms with van der Waals surface area (Å²) in [5.41, 5.74) is 0. The first-order chi connectivity index (χ1) is 10.7. The van der Waals surface area contributed by atoms with E-state index in [0.717, 1.165) is 51.4 Å². The molecule has 0 aromatic carbocycles. The first-order valence-corrected chi connectivity index (χ1v) is 8.20. The van der Waals surface area contributed by atoms with E-state index in [1.54, 1.807) is 6.08 Å². The van der Waals surface area contributed by atoms with Gasteiger partial charge in [0, 0.05) is 5.97 Å². The van der Waals surface area contributed by atoms with Crippen LogP contribution in [0.25, 0.3) is 0 Å². The molecule has 0 aliphatic heterocycles. The molecule has 0 saturated heterocycles. The Balaban J connectivity index is 3.59. The Hall–Kier alpha value is -1.39. The van der Waals surface area contributed by atoms with Gasteiger partial charge in [-0.05, 0) is 38.2 Å². The molecule has 0 aromatic heterocycles. The molecule has 0 saturated carbocycles. The topological polar surface area (TPSA) is 69.6 Å². The molecule has 126 valence electrons. The van der Waals surface area contributed by atoms with E-state index in [0.29, 0.717) is 0 Å². The molecule has 0 aliphatic carbocycles. The van der Waals surface area contributed by atoms with E-state index in [2.05, 4.69) is 17.9 Å². The van der Waals surface area contributed by atoms with E-state index in [4.69, 9.17) is 5.26 Å². The lowest BCUT2D eigenvalue weighted by Gasteiger charge is -2.01. The molecule has 0 amide bonds. The highest BCUT2D eigenvalue weighted by molar-refractivity contribution is 5.63. The van der Waals surface area contributed by atoms with Crippen molar-refractivity contribution in [3.63, 3.8) is 0 Å². The maximum atomic E-state index is 10.2. The number of carbonyl (C=O) groups excluding carboxylic acids is 1. The van der Waals surface area contributed by atoms with Gasteiger partial charge >= 0.3 is 0 Å². The van der Waals surface area contributed by atoms with Gasteiger partial charge in [-0.25, -0.2) is 4.89 Å². The molecule has 1 N–H and O–H groups in total. The first-order valence-electron chi connectivity index (χ1n) is 8.20. The standard InChI is InChI=1S/C18H30O4/c1-2-3-11-14-17(22-21)15-12-9-7-5-4-6-8-10-13-16-18(19)20/h7,9,11-12,14-15,17,21H,2-6,8,10,13,16H2,1H3,(H,19,20)/p-1/b9-7-,14-11-,15-12+/t17-/m0/s1. The summed E-state index contributed by atoms with van der Waals surface area (Å²) < 4.78 is 0. The van der Waals surface area contributed by atoms with Crippen LogP contribution in [0.1, 0.15) is 64.7 Å². The Morgan fingerprint density at radius 1 is 1.05 bits per heavy atom. The zero-order valence-corrected chi connectivity index (χ0v) is 13.6. The number of carbonyl (C=O) groups is 1. The van der Waals surface area contributed by atoms with Crippen LogP contribution in [-0.2, 0) is 9.68 Å². The number of allylic oxidation sites excluding steroid dienone is 4. The quantitative estimate of drug-likeness (QED) is 0.174. The monoisotopic (exact) mass is 309 g/mol. The van der Waals surface area contributed by atoms with Crippen LogP contribution in [-0.4, -0.2) is 17.3 Å². The average Bonchev–Trinajstić information content (AvgIpc) is 2.50. The highest BCUT2D eigenvalue weighted by Crippen LogP contribution is 2.07. The molecular formula is C18H29O4-. The fourth-order valence-corrected chi connectivity index (χ4v) is 1.94. The molecule has 0 unspecified atom stereocenters. The molecule has 0 aliphatic rings. The molecule has 0 radical (unpaired) electrons. The number of carboxylic acids is 1. The number of hydrogen-bond acceptors (Lipinski definition) is 4. The van der Waals surface area contributed by atoms with Crippen molar-refractivity contribution in [2.45, 2.75) is 70.8 Å². The number of carboxylic acid groups (broad SMARTS) is 1.